The fraction of sp³-hybridized carbons (Fsp3) is 0.333. The van der Waals surface area contributed by atoms with Crippen molar-refractivity contribution < 1.29 is 19.1 Å². The van der Waals surface area contributed by atoms with Gasteiger partial charge in [-0.05, 0) is 18.6 Å². The van der Waals surface area contributed by atoms with Gasteiger partial charge in [0.1, 0.15) is 5.75 Å². The molecule has 1 rings (SSSR count). The van der Waals surface area contributed by atoms with Gasteiger partial charge in [-0.1, -0.05) is 41.8 Å². The molecule has 0 spiro atoms. The summed E-state index contributed by atoms with van der Waals surface area (Å²) in [5.74, 6) is 0.334. The van der Waals surface area contributed by atoms with Crippen LogP contribution in [0, 0.1) is 0 Å². The van der Waals surface area contributed by atoms with Crippen molar-refractivity contribution in [3.05, 3.63) is 30.3 Å². The molecule has 6 heteroatoms. The van der Waals surface area contributed by atoms with E-state index in [2.05, 4.69) is 15.0 Å². The molecule has 0 bridgehead atoms. The summed E-state index contributed by atoms with van der Waals surface area (Å²) in [4.78, 5) is 22.1. The van der Waals surface area contributed by atoms with Gasteiger partial charge in [0.25, 0.3) is 0 Å². The molecule has 0 unspecified atom stereocenters. The van der Waals surface area contributed by atoms with E-state index in [1.54, 1.807) is 30.3 Å². The summed E-state index contributed by atoms with van der Waals surface area (Å²) < 4.78 is 9.46. The van der Waals surface area contributed by atoms with Gasteiger partial charge in [-0.3, -0.25) is 0 Å². The summed E-state index contributed by atoms with van der Waals surface area (Å²) in [6.07, 6.45) is -0.210. The zero-order valence-electron chi connectivity index (χ0n) is 10.0. The van der Waals surface area contributed by atoms with E-state index < -0.39 is 12.2 Å². The third-order valence-electron chi connectivity index (χ3n) is 1.89. The van der Waals surface area contributed by atoms with Gasteiger partial charge in [0, 0.05) is 0 Å². The van der Waals surface area contributed by atoms with Crippen molar-refractivity contribution in [2.75, 3.05) is 6.61 Å². The molecular weight excluding hydrogens is 236 g/mol. The molecule has 1 aromatic rings. The summed E-state index contributed by atoms with van der Waals surface area (Å²) in [5, 5.41) is 6.17. The Kier molecular flexibility index (Phi) is 6.10. The molecule has 0 atom stereocenters. The zero-order valence-corrected chi connectivity index (χ0v) is 10.0. The average Bonchev–Trinajstić information content (AvgIpc) is 2.38. The number of rotatable bonds is 4. The van der Waals surface area contributed by atoms with E-state index >= 15 is 0 Å². The lowest BCUT2D eigenvalue weighted by atomic mass is 10.3. The Hall–Kier alpha value is -2.24. The topological polar surface area (TPSA) is 77.3 Å². The number of hydrogen-bond donors (Lipinski definition) is 0. The number of ether oxygens (including phenoxy) is 2. The van der Waals surface area contributed by atoms with Crippen LogP contribution in [0.1, 0.15) is 19.8 Å². The summed E-state index contributed by atoms with van der Waals surface area (Å²) in [5.41, 5.74) is 0. The Labute approximate surface area is 105 Å². The molecule has 0 saturated heterocycles. The fourth-order valence-corrected chi connectivity index (χ4v) is 1.02. The summed E-state index contributed by atoms with van der Waals surface area (Å²) in [6.45, 7) is 2.23. The number of carbonyl (C=O) groups excluding carboxylic acids is 2. The summed E-state index contributed by atoms with van der Waals surface area (Å²) in [7, 11) is 0. The third-order valence-corrected chi connectivity index (χ3v) is 1.89. The van der Waals surface area contributed by atoms with Crippen LogP contribution in [0.15, 0.2) is 40.6 Å². The summed E-state index contributed by atoms with van der Waals surface area (Å²) >= 11 is 0. The Bertz CT molecular complexity index is 417. The Balaban J connectivity index is 2.33. The van der Waals surface area contributed by atoms with Crippen LogP contribution in [0.3, 0.4) is 0 Å². The van der Waals surface area contributed by atoms with Crippen LogP contribution in [0.4, 0.5) is 9.59 Å². The van der Waals surface area contributed by atoms with Crippen molar-refractivity contribution in [2.45, 2.75) is 19.8 Å². The van der Waals surface area contributed by atoms with E-state index in [-0.39, 0.29) is 6.61 Å². The number of carbonyl (C=O) groups is 2. The molecule has 0 N–H and O–H groups in total. The van der Waals surface area contributed by atoms with E-state index in [0.29, 0.717) is 5.75 Å². The molecule has 0 aliphatic rings. The fourth-order valence-electron chi connectivity index (χ4n) is 1.02. The van der Waals surface area contributed by atoms with Crippen LogP contribution >= 0.6 is 0 Å². The van der Waals surface area contributed by atoms with Crippen molar-refractivity contribution in [2.24, 2.45) is 10.2 Å². The van der Waals surface area contributed by atoms with Gasteiger partial charge >= 0.3 is 12.2 Å². The first kappa shape index (κ1) is 13.8. The van der Waals surface area contributed by atoms with Gasteiger partial charge in [-0.15, -0.1) is 0 Å². The van der Waals surface area contributed by atoms with Gasteiger partial charge in [0.05, 0.1) is 6.61 Å². The maximum atomic E-state index is 11.2. The van der Waals surface area contributed by atoms with Crippen LogP contribution < -0.4 is 4.74 Å². The van der Waals surface area contributed by atoms with Crippen molar-refractivity contribution >= 4 is 12.2 Å². The second-order valence-corrected chi connectivity index (χ2v) is 3.35. The first-order chi connectivity index (χ1) is 8.72. The highest BCUT2D eigenvalue weighted by molar-refractivity contribution is 5.74. The molecule has 0 saturated carbocycles. The van der Waals surface area contributed by atoms with Gasteiger partial charge < -0.3 is 9.47 Å². The second-order valence-electron chi connectivity index (χ2n) is 3.35. The van der Waals surface area contributed by atoms with E-state index in [1.165, 1.54) is 0 Å². The predicted molar refractivity (Wildman–Crippen MR) is 63.6 cm³/mol. The van der Waals surface area contributed by atoms with Gasteiger partial charge in [0.15, 0.2) is 0 Å². The zero-order chi connectivity index (χ0) is 13.2. The average molecular weight is 250 g/mol. The number of hydrogen-bond acceptors (Lipinski definition) is 4. The van der Waals surface area contributed by atoms with Crippen LogP contribution in [0.25, 0.3) is 0 Å². The third kappa shape index (κ3) is 5.74. The van der Waals surface area contributed by atoms with Gasteiger partial charge in [-0.25, -0.2) is 9.59 Å². The number of azo groups is 1. The Morgan fingerprint density at radius 1 is 1.11 bits per heavy atom. The van der Waals surface area contributed by atoms with Crippen LogP contribution in [-0.2, 0) is 4.74 Å². The minimum atomic E-state index is -0.964. The highest BCUT2D eigenvalue weighted by Crippen LogP contribution is 2.09. The van der Waals surface area contributed by atoms with Crippen LogP contribution in [0.2, 0.25) is 0 Å². The standard InChI is InChI=1S/C12H14N2O4/c1-2-3-9-17-11(15)13-14-12(16)18-10-7-5-4-6-8-10/h4-8H,2-3,9H2,1H3. The molecule has 0 aliphatic carbocycles. The SMILES string of the molecule is CCCCOC(=O)N=NC(=O)Oc1ccccc1. The number of amides is 2. The summed E-state index contributed by atoms with van der Waals surface area (Å²) in [6, 6.07) is 8.38. The van der Waals surface area contributed by atoms with Crippen LogP contribution in [-0.4, -0.2) is 18.8 Å². The highest BCUT2D eigenvalue weighted by atomic mass is 16.6. The van der Waals surface area contributed by atoms with Gasteiger partial charge in [0.2, 0.25) is 0 Å². The van der Waals surface area contributed by atoms with E-state index in [4.69, 9.17) is 4.74 Å². The maximum Gasteiger partial charge on any atom is 0.458 e. The molecule has 0 heterocycles. The predicted octanol–water partition coefficient (Wildman–Crippen LogP) is 3.57. The van der Waals surface area contributed by atoms with Crippen LogP contribution in [0.5, 0.6) is 5.75 Å². The Morgan fingerprint density at radius 2 is 1.78 bits per heavy atom. The second kappa shape index (κ2) is 7.94. The lowest BCUT2D eigenvalue weighted by molar-refractivity contribution is 0.152. The molecule has 0 fully saturated rings. The normalized spacial score (nSPS) is 10.3. The first-order valence-electron chi connectivity index (χ1n) is 5.57. The minimum absolute atomic E-state index is 0.266. The molecule has 0 radical (unpaired) electrons. The van der Waals surface area contributed by atoms with Crippen molar-refractivity contribution in [1.29, 1.82) is 0 Å². The smallest absolute Gasteiger partial charge is 0.447 e. The molecule has 2 amide bonds. The molecular formula is C12H14N2O4. The first-order valence-corrected chi connectivity index (χ1v) is 5.57. The van der Waals surface area contributed by atoms with E-state index in [1.807, 2.05) is 6.92 Å². The van der Waals surface area contributed by atoms with Crippen molar-refractivity contribution in [3.63, 3.8) is 0 Å². The largest absolute Gasteiger partial charge is 0.458 e. The van der Waals surface area contributed by atoms with Crippen molar-refractivity contribution in [3.8, 4) is 5.75 Å². The lowest BCUT2D eigenvalue weighted by Crippen LogP contribution is -2.04. The quantitative estimate of drug-likeness (QED) is 0.604. The number of nitrogens with zero attached hydrogens (tertiary/aromatic N) is 2. The molecule has 6 nitrogen and oxygen atoms in total. The highest BCUT2D eigenvalue weighted by Gasteiger charge is 2.04. The lowest BCUT2D eigenvalue weighted by Gasteiger charge is -1.99. The van der Waals surface area contributed by atoms with Crippen molar-refractivity contribution in [1.82, 2.24) is 0 Å². The monoisotopic (exact) mass is 250 g/mol. The minimum Gasteiger partial charge on any atom is -0.447 e. The number of para-hydroxylation sites is 1. The Morgan fingerprint density at radius 3 is 2.44 bits per heavy atom. The van der Waals surface area contributed by atoms with Gasteiger partial charge in [-0.2, -0.15) is 0 Å². The molecule has 0 aliphatic heterocycles. The van der Waals surface area contributed by atoms with E-state index in [0.717, 1.165) is 12.8 Å². The number of benzene rings is 1. The molecule has 18 heavy (non-hydrogen) atoms. The molecule has 0 aromatic heterocycles. The van der Waals surface area contributed by atoms with E-state index in [9.17, 15) is 9.59 Å². The number of unbranched alkanes of at least 4 members (excludes halogenated alkanes) is 1. The molecule has 1 aromatic carbocycles. The maximum absolute atomic E-state index is 11.2. The molecule has 96 valence electrons.